The molecule has 2 nitrogen and oxygen atoms in total. The van der Waals surface area contributed by atoms with Crippen molar-refractivity contribution < 1.29 is 9.47 Å². The van der Waals surface area contributed by atoms with Gasteiger partial charge in [-0.15, -0.1) is 0 Å². The summed E-state index contributed by atoms with van der Waals surface area (Å²) in [5.41, 5.74) is 0. The highest BCUT2D eigenvalue weighted by Crippen LogP contribution is 2.32. The summed E-state index contributed by atoms with van der Waals surface area (Å²) in [7, 11) is 0. The predicted octanol–water partition coefficient (Wildman–Crippen LogP) is 3.54. The van der Waals surface area contributed by atoms with E-state index in [1.165, 1.54) is 51.4 Å². The Labute approximate surface area is 99.7 Å². The van der Waals surface area contributed by atoms with Crippen molar-refractivity contribution in [1.29, 1.82) is 0 Å². The van der Waals surface area contributed by atoms with Gasteiger partial charge in [0.15, 0.2) is 0 Å². The van der Waals surface area contributed by atoms with E-state index in [4.69, 9.17) is 9.47 Å². The van der Waals surface area contributed by atoms with E-state index in [0.29, 0.717) is 6.10 Å². The van der Waals surface area contributed by atoms with E-state index in [9.17, 15) is 0 Å². The largest absolute Gasteiger partial charge is 0.381 e. The lowest BCUT2D eigenvalue weighted by molar-refractivity contribution is 0.0135. The van der Waals surface area contributed by atoms with Crippen LogP contribution in [0.5, 0.6) is 0 Å². The van der Waals surface area contributed by atoms with Crippen molar-refractivity contribution in [2.75, 3.05) is 19.8 Å². The first kappa shape index (κ1) is 12.4. The summed E-state index contributed by atoms with van der Waals surface area (Å²) in [4.78, 5) is 0. The molecule has 0 unspecified atom stereocenters. The van der Waals surface area contributed by atoms with Crippen molar-refractivity contribution >= 4 is 0 Å². The fourth-order valence-electron chi connectivity index (χ4n) is 2.40. The first-order valence-corrected chi connectivity index (χ1v) is 7.14. The lowest BCUT2D eigenvalue weighted by Crippen LogP contribution is -2.17. The van der Waals surface area contributed by atoms with E-state index in [1.54, 1.807) is 0 Å². The second-order valence-corrected chi connectivity index (χ2v) is 5.33. The van der Waals surface area contributed by atoms with Gasteiger partial charge in [-0.1, -0.05) is 32.1 Å². The van der Waals surface area contributed by atoms with Crippen molar-refractivity contribution in [3.8, 4) is 0 Å². The second kappa shape index (κ2) is 7.29. The van der Waals surface area contributed by atoms with Gasteiger partial charge in [-0.25, -0.2) is 0 Å². The molecule has 0 heterocycles. The number of ether oxygens (including phenoxy) is 2. The zero-order chi connectivity index (χ0) is 11.1. The topological polar surface area (TPSA) is 18.5 Å². The highest BCUT2D eigenvalue weighted by molar-refractivity contribution is 4.72. The van der Waals surface area contributed by atoms with Crippen LogP contribution in [0.1, 0.15) is 57.8 Å². The first-order chi connectivity index (χ1) is 7.95. The van der Waals surface area contributed by atoms with Crippen molar-refractivity contribution in [3.63, 3.8) is 0 Å². The van der Waals surface area contributed by atoms with Gasteiger partial charge in [-0.05, 0) is 31.6 Å². The zero-order valence-corrected chi connectivity index (χ0v) is 10.5. The minimum atomic E-state index is 0.556. The molecule has 2 aliphatic carbocycles. The van der Waals surface area contributed by atoms with E-state index in [0.717, 1.165) is 32.2 Å². The monoisotopic (exact) mass is 226 g/mol. The molecule has 0 bridgehead atoms. The fourth-order valence-corrected chi connectivity index (χ4v) is 2.40. The Morgan fingerprint density at radius 1 is 0.812 bits per heavy atom. The maximum Gasteiger partial charge on any atom is 0.0575 e. The molecule has 2 saturated carbocycles. The van der Waals surface area contributed by atoms with Crippen LogP contribution in [-0.2, 0) is 9.47 Å². The Balaban J connectivity index is 1.33. The molecule has 0 aliphatic heterocycles. The lowest BCUT2D eigenvalue weighted by Gasteiger charge is -2.21. The number of rotatable bonds is 8. The fraction of sp³-hybridized carbons (Fsp3) is 1.00. The molecule has 2 rings (SSSR count). The van der Waals surface area contributed by atoms with Crippen molar-refractivity contribution in [1.82, 2.24) is 0 Å². The second-order valence-electron chi connectivity index (χ2n) is 5.33. The van der Waals surface area contributed by atoms with Crippen LogP contribution in [0.25, 0.3) is 0 Å². The third-order valence-electron chi connectivity index (χ3n) is 3.71. The first-order valence-electron chi connectivity index (χ1n) is 7.14. The van der Waals surface area contributed by atoms with Gasteiger partial charge in [0.1, 0.15) is 0 Å². The molecular weight excluding hydrogens is 200 g/mol. The van der Waals surface area contributed by atoms with E-state index >= 15 is 0 Å². The summed E-state index contributed by atoms with van der Waals surface area (Å²) >= 11 is 0. The molecule has 16 heavy (non-hydrogen) atoms. The number of hydrogen-bond acceptors (Lipinski definition) is 2. The third kappa shape index (κ3) is 5.31. The number of hydrogen-bond donors (Lipinski definition) is 0. The SMILES string of the molecule is C1CCC(OCCCOCCC2CC2)CC1. The molecule has 0 atom stereocenters. The Kier molecular flexibility index (Phi) is 5.64. The van der Waals surface area contributed by atoms with E-state index < -0.39 is 0 Å². The molecule has 0 aromatic carbocycles. The quantitative estimate of drug-likeness (QED) is 0.589. The molecule has 2 aliphatic rings. The molecule has 0 radical (unpaired) electrons. The van der Waals surface area contributed by atoms with Crippen LogP contribution in [0.3, 0.4) is 0 Å². The minimum absolute atomic E-state index is 0.556. The molecule has 94 valence electrons. The normalized spacial score (nSPS) is 22.5. The average molecular weight is 226 g/mol. The Bertz CT molecular complexity index is 172. The maximum atomic E-state index is 5.84. The van der Waals surface area contributed by atoms with Crippen LogP contribution in [0, 0.1) is 5.92 Å². The van der Waals surface area contributed by atoms with Crippen LogP contribution in [0.2, 0.25) is 0 Å². The van der Waals surface area contributed by atoms with Crippen LogP contribution < -0.4 is 0 Å². The van der Waals surface area contributed by atoms with E-state index in [1.807, 2.05) is 0 Å². The summed E-state index contributed by atoms with van der Waals surface area (Å²) < 4.78 is 11.4. The van der Waals surface area contributed by atoms with Crippen LogP contribution in [-0.4, -0.2) is 25.9 Å². The molecular formula is C14H26O2. The van der Waals surface area contributed by atoms with E-state index in [-0.39, 0.29) is 0 Å². The maximum absolute atomic E-state index is 5.84. The minimum Gasteiger partial charge on any atom is -0.381 e. The Hall–Kier alpha value is -0.0800. The van der Waals surface area contributed by atoms with Gasteiger partial charge in [0.2, 0.25) is 0 Å². The molecule has 0 aromatic heterocycles. The van der Waals surface area contributed by atoms with Gasteiger partial charge in [-0.2, -0.15) is 0 Å². The van der Waals surface area contributed by atoms with Crippen LogP contribution in [0.15, 0.2) is 0 Å². The molecule has 0 aromatic rings. The van der Waals surface area contributed by atoms with Gasteiger partial charge in [-0.3, -0.25) is 0 Å². The van der Waals surface area contributed by atoms with Gasteiger partial charge in [0.25, 0.3) is 0 Å². The third-order valence-corrected chi connectivity index (χ3v) is 3.71. The van der Waals surface area contributed by atoms with Crippen LogP contribution in [0.4, 0.5) is 0 Å². The van der Waals surface area contributed by atoms with Gasteiger partial charge < -0.3 is 9.47 Å². The molecule has 0 saturated heterocycles. The highest BCUT2D eigenvalue weighted by atomic mass is 16.5. The van der Waals surface area contributed by atoms with Gasteiger partial charge in [0.05, 0.1) is 6.10 Å². The summed E-state index contributed by atoms with van der Waals surface area (Å²) in [6.07, 6.45) is 12.5. The van der Waals surface area contributed by atoms with Crippen LogP contribution >= 0.6 is 0 Å². The average Bonchev–Trinajstić information content (AvgIpc) is 3.13. The molecule has 2 fully saturated rings. The standard InChI is InChI=1S/C14H26O2/c1-2-5-14(6-3-1)16-11-4-10-15-12-9-13-7-8-13/h13-14H,1-12H2. The van der Waals surface area contributed by atoms with Gasteiger partial charge in [0, 0.05) is 19.8 Å². The molecule has 0 N–H and O–H groups in total. The smallest absolute Gasteiger partial charge is 0.0575 e. The zero-order valence-electron chi connectivity index (χ0n) is 10.5. The van der Waals surface area contributed by atoms with Gasteiger partial charge >= 0.3 is 0 Å². The van der Waals surface area contributed by atoms with Crippen molar-refractivity contribution in [2.24, 2.45) is 5.92 Å². The molecule has 0 amide bonds. The Morgan fingerprint density at radius 3 is 2.38 bits per heavy atom. The van der Waals surface area contributed by atoms with Crippen molar-refractivity contribution in [2.45, 2.75) is 63.9 Å². The lowest BCUT2D eigenvalue weighted by atomic mass is 9.98. The summed E-state index contributed by atoms with van der Waals surface area (Å²) in [6, 6.07) is 0. The summed E-state index contributed by atoms with van der Waals surface area (Å²) in [6.45, 7) is 2.75. The van der Waals surface area contributed by atoms with E-state index in [2.05, 4.69) is 0 Å². The van der Waals surface area contributed by atoms with Crippen molar-refractivity contribution in [3.05, 3.63) is 0 Å². The molecule has 0 spiro atoms. The summed E-state index contributed by atoms with van der Waals surface area (Å²) in [5.74, 6) is 0.999. The Morgan fingerprint density at radius 2 is 1.62 bits per heavy atom. The summed E-state index contributed by atoms with van der Waals surface area (Å²) in [5, 5.41) is 0. The highest BCUT2D eigenvalue weighted by Gasteiger charge is 2.20. The molecule has 2 heteroatoms. The predicted molar refractivity (Wildman–Crippen MR) is 65.6 cm³/mol.